The second-order valence-electron chi connectivity index (χ2n) is 7.55. The normalized spacial score (nSPS) is 39.5. The van der Waals surface area contributed by atoms with Crippen LogP contribution in [-0.2, 0) is 14.3 Å². The molecule has 0 bridgehead atoms. The van der Waals surface area contributed by atoms with Crippen LogP contribution in [0.5, 0.6) is 0 Å². The molecule has 0 aromatic carbocycles. The van der Waals surface area contributed by atoms with Crippen molar-refractivity contribution < 1.29 is 14.3 Å². The van der Waals surface area contributed by atoms with E-state index in [1.54, 1.807) is 4.90 Å². The van der Waals surface area contributed by atoms with Crippen LogP contribution in [-0.4, -0.2) is 46.5 Å². The molecule has 3 unspecified atom stereocenters. The van der Waals surface area contributed by atoms with Crippen molar-refractivity contribution in [3.05, 3.63) is 0 Å². The Balaban J connectivity index is 1.83. The summed E-state index contributed by atoms with van der Waals surface area (Å²) >= 11 is 0. The molecule has 3 fully saturated rings. The molecule has 21 heavy (non-hydrogen) atoms. The number of carbonyl (C=O) groups is 2. The molecule has 3 aliphatic rings. The fourth-order valence-corrected chi connectivity index (χ4v) is 3.57. The van der Waals surface area contributed by atoms with Gasteiger partial charge in [0.05, 0.1) is 12.2 Å². The zero-order valence-corrected chi connectivity index (χ0v) is 13.4. The van der Waals surface area contributed by atoms with Crippen LogP contribution in [0.3, 0.4) is 0 Å². The van der Waals surface area contributed by atoms with Gasteiger partial charge in [-0.1, -0.05) is 0 Å². The van der Waals surface area contributed by atoms with Gasteiger partial charge >= 0.3 is 0 Å². The van der Waals surface area contributed by atoms with E-state index in [4.69, 9.17) is 4.74 Å². The first-order chi connectivity index (χ1) is 9.75. The first kappa shape index (κ1) is 14.8. The SMILES string of the molecule is CC1CCC(CN2C(=O)C(C)(C3CC3)NC(=O)C2(C)C)O1. The van der Waals surface area contributed by atoms with Crippen LogP contribution in [0.15, 0.2) is 0 Å². The summed E-state index contributed by atoms with van der Waals surface area (Å²) in [6, 6.07) is 0. The molecule has 5 heteroatoms. The van der Waals surface area contributed by atoms with Crippen molar-refractivity contribution in [1.29, 1.82) is 0 Å². The smallest absolute Gasteiger partial charge is 0.249 e. The summed E-state index contributed by atoms with van der Waals surface area (Å²) in [6.07, 6.45) is 4.34. The highest BCUT2D eigenvalue weighted by Gasteiger charge is 2.58. The van der Waals surface area contributed by atoms with E-state index in [0.717, 1.165) is 25.7 Å². The van der Waals surface area contributed by atoms with Crippen LogP contribution < -0.4 is 5.32 Å². The third-order valence-corrected chi connectivity index (χ3v) is 5.39. The van der Waals surface area contributed by atoms with Crippen molar-refractivity contribution in [2.75, 3.05) is 6.54 Å². The Hall–Kier alpha value is -1.10. The fourth-order valence-electron chi connectivity index (χ4n) is 3.57. The number of nitrogens with zero attached hydrogens (tertiary/aromatic N) is 1. The molecule has 0 radical (unpaired) electrons. The van der Waals surface area contributed by atoms with Gasteiger partial charge in [-0.3, -0.25) is 9.59 Å². The van der Waals surface area contributed by atoms with E-state index in [2.05, 4.69) is 12.2 Å². The van der Waals surface area contributed by atoms with Gasteiger partial charge < -0.3 is 15.0 Å². The zero-order valence-electron chi connectivity index (χ0n) is 13.4. The number of ether oxygens (including phenoxy) is 1. The molecule has 2 amide bonds. The highest BCUT2D eigenvalue weighted by Crippen LogP contribution is 2.43. The van der Waals surface area contributed by atoms with Crippen LogP contribution in [0.25, 0.3) is 0 Å². The maximum Gasteiger partial charge on any atom is 0.249 e. The van der Waals surface area contributed by atoms with Gasteiger partial charge in [-0.25, -0.2) is 0 Å². The molecule has 1 saturated carbocycles. The second kappa shape index (κ2) is 4.70. The summed E-state index contributed by atoms with van der Waals surface area (Å²) in [6.45, 7) is 8.11. The lowest BCUT2D eigenvalue weighted by molar-refractivity contribution is -0.163. The van der Waals surface area contributed by atoms with Crippen molar-refractivity contribution in [3.63, 3.8) is 0 Å². The molecule has 2 heterocycles. The highest BCUT2D eigenvalue weighted by molar-refractivity contribution is 6.02. The molecule has 0 aromatic rings. The van der Waals surface area contributed by atoms with E-state index in [0.29, 0.717) is 6.54 Å². The Morgan fingerprint density at radius 3 is 2.38 bits per heavy atom. The number of piperazine rings is 1. The Morgan fingerprint density at radius 1 is 1.19 bits per heavy atom. The van der Waals surface area contributed by atoms with Crippen LogP contribution in [0.2, 0.25) is 0 Å². The molecule has 118 valence electrons. The molecule has 3 rings (SSSR count). The Kier molecular flexibility index (Phi) is 3.32. The average Bonchev–Trinajstić information content (AvgIpc) is 3.18. The van der Waals surface area contributed by atoms with Crippen LogP contribution in [0, 0.1) is 5.92 Å². The van der Waals surface area contributed by atoms with Crippen LogP contribution in [0.4, 0.5) is 0 Å². The van der Waals surface area contributed by atoms with Gasteiger partial charge in [-0.15, -0.1) is 0 Å². The summed E-state index contributed by atoms with van der Waals surface area (Å²) in [4.78, 5) is 27.3. The third kappa shape index (κ3) is 2.35. The number of hydrogen-bond acceptors (Lipinski definition) is 3. The van der Waals surface area contributed by atoms with Crippen molar-refractivity contribution in [3.8, 4) is 0 Å². The van der Waals surface area contributed by atoms with Crippen molar-refractivity contribution in [2.45, 2.75) is 76.7 Å². The summed E-state index contributed by atoms with van der Waals surface area (Å²) in [5, 5.41) is 2.99. The molecular weight excluding hydrogens is 268 g/mol. The summed E-state index contributed by atoms with van der Waals surface area (Å²) in [5.41, 5.74) is -1.53. The molecule has 5 nitrogen and oxygen atoms in total. The second-order valence-corrected chi connectivity index (χ2v) is 7.55. The Labute approximate surface area is 126 Å². The van der Waals surface area contributed by atoms with Gasteiger partial charge in [-0.05, 0) is 59.3 Å². The van der Waals surface area contributed by atoms with Crippen molar-refractivity contribution >= 4 is 11.8 Å². The number of nitrogens with one attached hydrogen (secondary N) is 1. The van der Waals surface area contributed by atoms with E-state index in [1.165, 1.54) is 0 Å². The standard InChI is InChI=1S/C16H26N2O3/c1-10-5-8-12(21-10)9-18-14(20)16(4,11-6-7-11)17-13(19)15(18,2)3/h10-12H,5-9H2,1-4H3,(H,17,19). The minimum Gasteiger partial charge on any atom is -0.373 e. The molecule has 1 N–H and O–H groups in total. The van der Waals surface area contributed by atoms with Gasteiger partial charge in [0.25, 0.3) is 0 Å². The molecule has 1 aliphatic carbocycles. The number of hydrogen-bond donors (Lipinski definition) is 1. The first-order valence-corrected chi connectivity index (χ1v) is 8.05. The quantitative estimate of drug-likeness (QED) is 0.857. The van der Waals surface area contributed by atoms with E-state index >= 15 is 0 Å². The predicted molar refractivity (Wildman–Crippen MR) is 78.6 cm³/mol. The molecular formula is C16H26N2O3. The van der Waals surface area contributed by atoms with E-state index in [9.17, 15) is 9.59 Å². The van der Waals surface area contributed by atoms with Gasteiger partial charge in [0.1, 0.15) is 11.1 Å². The molecule has 0 aromatic heterocycles. The average molecular weight is 294 g/mol. The number of rotatable bonds is 3. The minimum absolute atomic E-state index is 0.0532. The minimum atomic E-state index is -0.805. The van der Waals surface area contributed by atoms with Gasteiger partial charge in [0, 0.05) is 6.54 Å². The molecule has 2 aliphatic heterocycles. The van der Waals surface area contributed by atoms with Crippen LogP contribution >= 0.6 is 0 Å². The van der Waals surface area contributed by atoms with E-state index in [-0.39, 0.29) is 29.9 Å². The maximum atomic E-state index is 13.0. The van der Waals surface area contributed by atoms with Crippen LogP contribution in [0.1, 0.15) is 53.4 Å². The molecule has 2 saturated heterocycles. The predicted octanol–water partition coefficient (Wildman–Crippen LogP) is 1.46. The fraction of sp³-hybridized carbons (Fsp3) is 0.875. The lowest BCUT2D eigenvalue weighted by Gasteiger charge is -2.49. The van der Waals surface area contributed by atoms with E-state index in [1.807, 2.05) is 20.8 Å². The monoisotopic (exact) mass is 294 g/mol. The highest BCUT2D eigenvalue weighted by atomic mass is 16.5. The summed E-state index contributed by atoms with van der Waals surface area (Å²) in [7, 11) is 0. The van der Waals surface area contributed by atoms with Crippen molar-refractivity contribution in [2.24, 2.45) is 5.92 Å². The largest absolute Gasteiger partial charge is 0.373 e. The molecule has 0 spiro atoms. The topological polar surface area (TPSA) is 58.6 Å². The number of carbonyl (C=O) groups excluding carboxylic acids is 2. The lowest BCUT2D eigenvalue weighted by atomic mass is 9.84. The maximum absolute atomic E-state index is 13.0. The number of amides is 2. The summed E-state index contributed by atoms with van der Waals surface area (Å²) < 4.78 is 5.86. The van der Waals surface area contributed by atoms with Gasteiger partial charge in [0.15, 0.2) is 0 Å². The lowest BCUT2D eigenvalue weighted by Crippen LogP contribution is -2.74. The summed E-state index contributed by atoms with van der Waals surface area (Å²) in [5.74, 6) is 0.288. The first-order valence-electron chi connectivity index (χ1n) is 8.05. The zero-order chi connectivity index (χ0) is 15.4. The van der Waals surface area contributed by atoms with Gasteiger partial charge in [0.2, 0.25) is 11.8 Å². The Morgan fingerprint density at radius 2 is 1.86 bits per heavy atom. The third-order valence-electron chi connectivity index (χ3n) is 5.39. The van der Waals surface area contributed by atoms with Crippen molar-refractivity contribution in [1.82, 2.24) is 10.2 Å². The molecule has 3 atom stereocenters. The van der Waals surface area contributed by atoms with E-state index < -0.39 is 11.1 Å². The Bertz CT molecular complexity index is 472. The van der Waals surface area contributed by atoms with Gasteiger partial charge in [-0.2, -0.15) is 0 Å².